The summed E-state index contributed by atoms with van der Waals surface area (Å²) in [6.07, 6.45) is 0. The quantitative estimate of drug-likeness (QED) is 0.920. The molecule has 0 radical (unpaired) electrons. The molecule has 6 heteroatoms. The normalized spacial score (nSPS) is 21.1. The molecular formula is C15H18ClN3O2. The van der Waals surface area contributed by atoms with E-state index < -0.39 is 0 Å². The van der Waals surface area contributed by atoms with Crippen molar-refractivity contribution >= 4 is 18.3 Å². The third-order valence-corrected chi connectivity index (χ3v) is 3.73. The molecule has 0 spiro atoms. The zero-order valence-electron chi connectivity index (χ0n) is 11.7. The molecule has 112 valence electrons. The van der Waals surface area contributed by atoms with Gasteiger partial charge in [-0.15, -0.1) is 12.4 Å². The third kappa shape index (κ3) is 3.09. The summed E-state index contributed by atoms with van der Waals surface area (Å²) in [6, 6.07) is 11.7. The summed E-state index contributed by atoms with van der Waals surface area (Å²) >= 11 is 0. The highest BCUT2D eigenvalue weighted by atomic mass is 35.5. The fourth-order valence-electron chi connectivity index (χ4n) is 2.68. The number of aromatic nitrogens is 1. The second kappa shape index (κ2) is 6.28. The number of carbonyl (C=O) groups excluding carboxylic acids is 1. The molecular weight excluding hydrogens is 290 g/mol. The first-order chi connectivity index (χ1) is 9.65. The molecule has 21 heavy (non-hydrogen) atoms. The van der Waals surface area contributed by atoms with Gasteiger partial charge in [-0.25, -0.2) is 0 Å². The van der Waals surface area contributed by atoms with E-state index in [1.807, 2.05) is 18.2 Å². The van der Waals surface area contributed by atoms with Gasteiger partial charge in [0.2, 0.25) is 0 Å². The number of likely N-dealkylation sites (tertiary alicyclic amines) is 1. The van der Waals surface area contributed by atoms with Crippen molar-refractivity contribution in [1.29, 1.82) is 0 Å². The largest absolute Gasteiger partial charge is 0.361 e. The first-order valence-electron chi connectivity index (χ1n) is 6.68. The molecule has 0 unspecified atom stereocenters. The fraction of sp³-hybridized carbons (Fsp3) is 0.333. The summed E-state index contributed by atoms with van der Waals surface area (Å²) in [5.41, 5.74) is 7.71. The van der Waals surface area contributed by atoms with Crippen LogP contribution in [0.25, 0.3) is 0 Å². The molecule has 1 aromatic heterocycles. The first-order valence-corrected chi connectivity index (χ1v) is 6.68. The van der Waals surface area contributed by atoms with E-state index in [1.165, 1.54) is 5.56 Å². The van der Waals surface area contributed by atoms with E-state index in [1.54, 1.807) is 17.9 Å². The van der Waals surface area contributed by atoms with Crippen LogP contribution in [0.3, 0.4) is 0 Å². The minimum atomic E-state index is -0.115. The molecule has 2 atom stereocenters. The summed E-state index contributed by atoms with van der Waals surface area (Å²) in [7, 11) is 0. The van der Waals surface area contributed by atoms with Crippen LogP contribution in [0.1, 0.15) is 27.7 Å². The molecule has 1 aliphatic rings. The Kier molecular flexibility index (Phi) is 4.65. The van der Waals surface area contributed by atoms with Crippen LogP contribution in [0.15, 0.2) is 40.9 Å². The lowest BCUT2D eigenvalue weighted by molar-refractivity contribution is 0.0779. The van der Waals surface area contributed by atoms with Gasteiger partial charge in [0.1, 0.15) is 5.76 Å². The second-order valence-corrected chi connectivity index (χ2v) is 5.21. The van der Waals surface area contributed by atoms with E-state index in [0.717, 1.165) is 0 Å². The standard InChI is InChI=1S/C15H17N3O2.ClH/c1-10-7-14(17-20-10)15(19)18-8-12(13(16)9-18)11-5-3-2-4-6-11;/h2-7,12-13H,8-9,16H2,1H3;1H/t12-,13+;/m0./s1. The van der Waals surface area contributed by atoms with E-state index in [4.69, 9.17) is 10.3 Å². The summed E-state index contributed by atoms with van der Waals surface area (Å²) in [5, 5.41) is 3.78. The molecule has 2 aromatic rings. The van der Waals surface area contributed by atoms with Crippen LogP contribution in [-0.2, 0) is 0 Å². The van der Waals surface area contributed by atoms with Crippen LogP contribution in [0.5, 0.6) is 0 Å². The van der Waals surface area contributed by atoms with Gasteiger partial charge < -0.3 is 15.2 Å². The van der Waals surface area contributed by atoms with Crippen LogP contribution in [0.2, 0.25) is 0 Å². The highest BCUT2D eigenvalue weighted by Crippen LogP contribution is 2.27. The highest BCUT2D eigenvalue weighted by molar-refractivity contribution is 5.92. The van der Waals surface area contributed by atoms with E-state index in [0.29, 0.717) is 24.5 Å². The Balaban J connectivity index is 0.00000161. The van der Waals surface area contributed by atoms with Crippen LogP contribution in [0, 0.1) is 6.92 Å². The summed E-state index contributed by atoms with van der Waals surface area (Å²) < 4.78 is 4.95. The van der Waals surface area contributed by atoms with E-state index in [-0.39, 0.29) is 30.3 Å². The lowest BCUT2D eigenvalue weighted by Crippen LogP contribution is -2.32. The maximum Gasteiger partial charge on any atom is 0.276 e. The molecule has 1 saturated heterocycles. The van der Waals surface area contributed by atoms with Gasteiger partial charge >= 0.3 is 0 Å². The average Bonchev–Trinajstić information content (AvgIpc) is 3.05. The highest BCUT2D eigenvalue weighted by Gasteiger charge is 2.35. The Morgan fingerprint density at radius 3 is 2.67 bits per heavy atom. The predicted octanol–water partition coefficient (Wildman–Crippen LogP) is 1.97. The monoisotopic (exact) mass is 307 g/mol. The molecule has 0 saturated carbocycles. The second-order valence-electron chi connectivity index (χ2n) is 5.21. The van der Waals surface area contributed by atoms with Gasteiger partial charge in [-0.1, -0.05) is 35.5 Å². The van der Waals surface area contributed by atoms with Crippen molar-refractivity contribution in [1.82, 2.24) is 10.1 Å². The number of nitrogens with zero attached hydrogens (tertiary/aromatic N) is 2. The Bertz CT molecular complexity index is 614. The van der Waals surface area contributed by atoms with Crippen LogP contribution in [-0.4, -0.2) is 35.1 Å². The van der Waals surface area contributed by atoms with Crippen molar-refractivity contribution in [2.24, 2.45) is 5.73 Å². The minimum absolute atomic E-state index is 0. The van der Waals surface area contributed by atoms with Gasteiger partial charge in [-0.05, 0) is 12.5 Å². The Hall–Kier alpha value is -1.85. The predicted molar refractivity (Wildman–Crippen MR) is 81.5 cm³/mol. The lowest BCUT2D eigenvalue weighted by Gasteiger charge is -2.15. The number of hydrogen-bond acceptors (Lipinski definition) is 4. The first kappa shape index (κ1) is 15.5. The molecule has 1 amide bonds. The topological polar surface area (TPSA) is 72.4 Å². The van der Waals surface area contributed by atoms with Crippen molar-refractivity contribution in [2.45, 2.75) is 18.9 Å². The smallest absolute Gasteiger partial charge is 0.276 e. The zero-order valence-corrected chi connectivity index (χ0v) is 12.5. The number of benzene rings is 1. The Labute approximate surface area is 129 Å². The third-order valence-electron chi connectivity index (χ3n) is 3.73. The van der Waals surface area contributed by atoms with Gasteiger partial charge in [0.05, 0.1) is 0 Å². The molecule has 0 aliphatic carbocycles. The number of nitrogens with two attached hydrogens (primary N) is 1. The summed E-state index contributed by atoms with van der Waals surface area (Å²) in [4.78, 5) is 14.1. The van der Waals surface area contributed by atoms with E-state index >= 15 is 0 Å². The van der Waals surface area contributed by atoms with Gasteiger partial charge in [-0.3, -0.25) is 4.79 Å². The lowest BCUT2D eigenvalue weighted by atomic mass is 9.95. The molecule has 0 bridgehead atoms. The zero-order chi connectivity index (χ0) is 14.1. The molecule has 1 aromatic carbocycles. The Morgan fingerprint density at radius 1 is 1.33 bits per heavy atom. The van der Waals surface area contributed by atoms with Crippen molar-refractivity contribution in [3.05, 3.63) is 53.4 Å². The summed E-state index contributed by atoms with van der Waals surface area (Å²) in [6.45, 7) is 2.94. The van der Waals surface area contributed by atoms with Crippen molar-refractivity contribution in [3.63, 3.8) is 0 Å². The van der Waals surface area contributed by atoms with Crippen molar-refractivity contribution in [2.75, 3.05) is 13.1 Å². The van der Waals surface area contributed by atoms with Gasteiger partial charge in [-0.2, -0.15) is 0 Å². The molecule has 3 rings (SSSR count). The minimum Gasteiger partial charge on any atom is -0.361 e. The maximum absolute atomic E-state index is 12.3. The summed E-state index contributed by atoms with van der Waals surface area (Å²) in [5.74, 6) is 0.695. The van der Waals surface area contributed by atoms with Crippen LogP contribution < -0.4 is 5.73 Å². The average molecular weight is 308 g/mol. The van der Waals surface area contributed by atoms with Gasteiger partial charge in [0, 0.05) is 31.1 Å². The number of aryl methyl sites for hydroxylation is 1. The molecule has 2 heterocycles. The number of rotatable bonds is 2. The van der Waals surface area contributed by atoms with Gasteiger partial charge in [0.15, 0.2) is 5.69 Å². The number of halogens is 1. The van der Waals surface area contributed by atoms with Crippen molar-refractivity contribution in [3.8, 4) is 0 Å². The maximum atomic E-state index is 12.3. The number of carbonyl (C=O) groups is 1. The molecule has 1 aliphatic heterocycles. The SMILES string of the molecule is Cc1cc(C(=O)N2C[C@@H](N)[C@H](c3ccccc3)C2)no1.Cl. The number of amides is 1. The molecule has 2 N–H and O–H groups in total. The Morgan fingerprint density at radius 2 is 2.05 bits per heavy atom. The molecule has 5 nitrogen and oxygen atoms in total. The van der Waals surface area contributed by atoms with Crippen LogP contribution >= 0.6 is 12.4 Å². The van der Waals surface area contributed by atoms with E-state index in [9.17, 15) is 4.79 Å². The van der Waals surface area contributed by atoms with Crippen molar-refractivity contribution < 1.29 is 9.32 Å². The van der Waals surface area contributed by atoms with Crippen LogP contribution in [0.4, 0.5) is 0 Å². The fourth-order valence-corrected chi connectivity index (χ4v) is 2.68. The van der Waals surface area contributed by atoms with Gasteiger partial charge in [0.25, 0.3) is 5.91 Å². The number of hydrogen-bond donors (Lipinski definition) is 1. The van der Waals surface area contributed by atoms with E-state index in [2.05, 4.69) is 17.3 Å². The molecule has 1 fully saturated rings.